The van der Waals surface area contributed by atoms with E-state index in [-0.39, 0.29) is 5.91 Å². The van der Waals surface area contributed by atoms with Crippen LogP contribution in [0.25, 0.3) is 5.65 Å². The Morgan fingerprint density at radius 2 is 2.00 bits per heavy atom. The van der Waals surface area contributed by atoms with Crippen LogP contribution in [-0.4, -0.2) is 34.3 Å². The molecule has 0 N–H and O–H groups in total. The maximum absolute atomic E-state index is 11.8. The van der Waals surface area contributed by atoms with Crippen molar-refractivity contribution >= 4 is 11.6 Å². The maximum atomic E-state index is 11.8. The lowest BCUT2D eigenvalue weighted by Gasteiger charge is -2.09. The summed E-state index contributed by atoms with van der Waals surface area (Å²) in [5.74, 6) is 0.398. The fourth-order valence-corrected chi connectivity index (χ4v) is 1.67. The number of pyridine rings is 1. The van der Waals surface area contributed by atoms with Gasteiger partial charge in [-0.05, 0) is 18.1 Å². The van der Waals surface area contributed by atoms with Gasteiger partial charge in [-0.25, -0.2) is 4.98 Å². The number of carbonyl (C=O) groups is 1. The Kier molecular flexibility index (Phi) is 2.88. The molecule has 2 heterocycles. The van der Waals surface area contributed by atoms with E-state index in [0.717, 1.165) is 11.3 Å². The first-order valence-corrected chi connectivity index (χ1v) is 5.69. The molecule has 17 heavy (non-hydrogen) atoms. The third-order valence-corrected chi connectivity index (χ3v) is 2.71. The monoisotopic (exact) mass is 231 g/mol. The van der Waals surface area contributed by atoms with Gasteiger partial charge in [0.05, 0.1) is 11.3 Å². The van der Waals surface area contributed by atoms with Crippen molar-refractivity contribution < 1.29 is 4.79 Å². The van der Waals surface area contributed by atoms with Gasteiger partial charge < -0.3 is 9.30 Å². The summed E-state index contributed by atoms with van der Waals surface area (Å²) in [6, 6.07) is 3.69. The average Bonchev–Trinajstić information content (AvgIpc) is 2.70. The summed E-state index contributed by atoms with van der Waals surface area (Å²) in [5, 5.41) is 0. The fourth-order valence-electron chi connectivity index (χ4n) is 1.67. The molecule has 2 aromatic rings. The van der Waals surface area contributed by atoms with Crippen LogP contribution in [-0.2, 0) is 0 Å². The van der Waals surface area contributed by atoms with E-state index in [1.807, 2.05) is 28.9 Å². The van der Waals surface area contributed by atoms with E-state index in [2.05, 4.69) is 18.8 Å². The van der Waals surface area contributed by atoms with Crippen LogP contribution in [0.2, 0.25) is 0 Å². The summed E-state index contributed by atoms with van der Waals surface area (Å²) in [7, 11) is 3.50. The summed E-state index contributed by atoms with van der Waals surface area (Å²) in [4.78, 5) is 17.9. The molecule has 4 heteroatoms. The van der Waals surface area contributed by atoms with Crippen LogP contribution < -0.4 is 0 Å². The molecule has 0 fully saturated rings. The van der Waals surface area contributed by atoms with Crippen molar-refractivity contribution in [2.24, 2.45) is 0 Å². The molecule has 0 aliphatic heterocycles. The van der Waals surface area contributed by atoms with E-state index < -0.39 is 0 Å². The second-order valence-corrected chi connectivity index (χ2v) is 4.70. The van der Waals surface area contributed by atoms with Crippen LogP contribution in [0, 0.1) is 0 Å². The van der Waals surface area contributed by atoms with Gasteiger partial charge in [0.1, 0.15) is 5.65 Å². The predicted molar refractivity (Wildman–Crippen MR) is 67.3 cm³/mol. The average molecular weight is 231 g/mol. The highest BCUT2D eigenvalue weighted by Crippen LogP contribution is 2.15. The molecule has 0 saturated carbocycles. The highest BCUT2D eigenvalue weighted by molar-refractivity contribution is 5.93. The van der Waals surface area contributed by atoms with Crippen LogP contribution in [0.15, 0.2) is 24.5 Å². The van der Waals surface area contributed by atoms with Crippen LogP contribution in [0.4, 0.5) is 0 Å². The first kappa shape index (κ1) is 11.6. The molecule has 0 spiro atoms. The van der Waals surface area contributed by atoms with E-state index in [1.54, 1.807) is 19.0 Å². The first-order chi connectivity index (χ1) is 7.99. The molecular formula is C13H17N3O. The number of hydrogen-bond acceptors (Lipinski definition) is 2. The maximum Gasteiger partial charge on any atom is 0.254 e. The van der Waals surface area contributed by atoms with Gasteiger partial charge in [-0.15, -0.1) is 0 Å². The normalized spacial score (nSPS) is 11.1. The lowest BCUT2D eigenvalue weighted by atomic mass is 10.2. The molecule has 0 bridgehead atoms. The Bertz CT molecular complexity index is 555. The second kappa shape index (κ2) is 4.20. The molecule has 90 valence electrons. The van der Waals surface area contributed by atoms with E-state index >= 15 is 0 Å². The Morgan fingerprint density at radius 1 is 1.29 bits per heavy atom. The smallest absolute Gasteiger partial charge is 0.254 e. The minimum Gasteiger partial charge on any atom is -0.345 e. The number of aromatic nitrogens is 2. The molecule has 2 rings (SSSR count). The van der Waals surface area contributed by atoms with Gasteiger partial charge in [0.25, 0.3) is 5.91 Å². The molecule has 0 aliphatic carbocycles. The van der Waals surface area contributed by atoms with Gasteiger partial charge in [0.2, 0.25) is 0 Å². The van der Waals surface area contributed by atoms with Crippen molar-refractivity contribution in [3.05, 3.63) is 35.8 Å². The van der Waals surface area contributed by atoms with Crippen molar-refractivity contribution in [1.82, 2.24) is 14.3 Å². The third kappa shape index (κ3) is 2.16. The van der Waals surface area contributed by atoms with Gasteiger partial charge in [-0.2, -0.15) is 0 Å². The molecule has 0 unspecified atom stereocenters. The largest absolute Gasteiger partial charge is 0.345 e. The molecule has 0 aliphatic rings. The molecule has 1 amide bonds. The number of imidazole rings is 1. The summed E-state index contributed by atoms with van der Waals surface area (Å²) < 4.78 is 1.91. The summed E-state index contributed by atoms with van der Waals surface area (Å²) in [6.07, 6.45) is 3.81. The zero-order valence-electron chi connectivity index (χ0n) is 10.6. The van der Waals surface area contributed by atoms with Gasteiger partial charge >= 0.3 is 0 Å². The van der Waals surface area contributed by atoms with Crippen LogP contribution >= 0.6 is 0 Å². The van der Waals surface area contributed by atoms with Gasteiger partial charge in [-0.1, -0.05) is 13.8 Å². The number of fused-ring (bicyclic) bond motifs is 1. The van der Waals surface area contributed by atoms with Crippen molar-refractivity contribution in [3.63, 3.8) is 0 Å². The van der Waals surface area contributed by atoms with Gasteiger partial charge in [0.15, 0.2) is 0 Å². The van der Waals surface area contributed by atoms with Gasteiger partial charge in [0, 0.05) is 26.5 Å². The van der Waals surface area contributed by atoms with E-state index in [1.165, 1.54) is 0 Å². The van der Waals surface area contributed by atoms with Crippen LogP contribution in [0.5, 0.6) is 0 Å². The van der Waals surface area contributed by atoms with Crippen molar-refractivity contribution in [3.8, 4) is 0 Å². The van der Waals surface area contributed by atoms with Crippen LogP contribution in [0.1, 0.15) is 35.8 Å². The fraction of sp³-hybridized carbons (Fsp3) is 0.385. The number of rotatable bonds is 2. The SMILES string of the molecule is CC(C)c1cn2cc(C(=O)N(C)C)ccc2n1. The number of hydrogen-bond donors (Lipinski definition) is 0. The standard InChI is InChI=1S/C13H17N3O/c1-9(2)11-8-16-7-10(13(17)15(3)4)5-6-12(16)14-11/h5-9H,1-4H3. The van der Waals surface area contributed by atoms with E-state index in [4.69, 9.17) is 0 Å². The number of nitrogens with zero attached hydrogens (tertiary/aromatic N) is 3. The molecule has 2 aromatic heterocycles. The van der Waals surface area contributed by atoms with Crippen LogP contribution in [0.3, 0.4) is 0 Å². The summed E-state index contributed by atoms with van der Waals surface area (Å²) in [6.45, 7) is 4.21. The van der Waals surface area contributed by atoms with E-state index in [9.17, 15) is 4.79 Å². The molecule has 4 nitrogen and oxygen atoms in total. The minimum atomic E-state index is 0.00620. The third-order valence-electron chi connectivity index (χ3n) is 2.71. The highest BCUT2D eigenvalue weighted by Gasteiger charge is 2.10. The second-order valence-electron chi connectivity index (χ2n) is 4.70. The Hall–Kier alpha value is -1.84. The zero-order chi connectivity index (χ0) is 12.6. The van der Waals surface area contributed by atoms with Crippen molar-refractivity contribution in [2.45, 2.75) is 19.8 Å². The van der Waals surface area contributed by atoms with Crippen molar-refractivity contribution in [2.75, 3.05) is 14.1 Å². The summed E-state index contributed by atoms with van der Waals surface area (Å²) in [5.41, 5.74) is 2.60. The Labute approximate surface area is 101 Å². The highest BCUT2D eigenvalue weighted by atomic mass is 16.2. The topological polar surface area (TPSA) is 37.6 Å². The molecule has 0 atom stereocenters. The molecular weight excluding hydrogens is 214 g/mol. The number of amides is 1. The van der Waals surface area contributed by atoms with E-state index in [0.29, 0.717) is 11.5 Å². The summed E-state index contributed by atoms with van der Waals surface area (Å²) >= 11 is 0. The predicted octanol–water partition coefficient (Wildman–Crippen LogP) is 2.16. The zero-order valence-corrected chi connectivity index (χ0v) is 10.6. The quantitative estimate of drug-likeness (QED) is 0.794. The first-order valence-electron chi connectivity index (χ1n) is 5.69. The van der Waals surface area contributed by atoms with Gasteiger partial charge in [-0.3, -0.25) is 4.79 Å². The number of carbonyl (C=O) groups excluding carboxylic acids is 1. The Morgan fingerprint density at radius 3 is 2.59 bits per heavy atom. The molecule has 0 aromatic carbocycles. The molecule has 0 saturated heterocycles. The van der Waals surface area contributed by atoms with Crippen molar-refractivity contribution in [1.29, 1.82) is 0 Å². The lowest BCUT2D eigenvalue weighted by molar-refractivity contribution is 0.0827. The lowest BCUT2D eigenvalue weighted by Crippen LogP contribution is -2.21. The Balaban J connectivity index is 2.47. The molecule has 0 radical (unpaired) electrons. The minimum absolute atomic E-state index is 0.00620.